The number of carbonyl (C=O) groups is 1. The Bertz CT molecular complexity index is 1240. The molecule has 8 heteroatoms. The summed E-state index contributed by atoms with van der Waals surface area (Å²) in [6, 6.07) is 14.6. The molecule has 0 radical (unpaired) electrons. The Kier molecular flexibility index (Phi) is 4.33. The Labute approximate surface area is 157 Å². The number of carboxylic acid groups (broad SMARTS) is 1. The number of aliphatic carboxylic acids is 1. The first kappa shape index (κ1) is 17.2. The molecule has 7 nitrogen and oxygen atoms in total. The fraction of sp³-hybridized carbons (Fsp3) is 0.105. The van der Waals surface area contributed by atoms with Crippen LogP contribution in [-0.4, -0.2) is 36.4 Å². The molecular formula is C19H14N4O3S. The fourth-order valence-electron chi connectivity index (χ4n) is 2.82. The van der Waals surface area contributed by atoms with E-state index in [9.17, 15) is 9.59 Å². The maximum Gasteiger partial charge on any atom is 0.313 e. The van der Waals surface area contributed by atoms with Crippen molar-refractivity contribution in [2.24, 2.45) is 0 Å². The molecule has 0 unspecified atom stereocenters. The number of benzene rings is 2. The van der Waals surface area contributed by atoms with E-state index < -0.39 is 11.5 Å². The lowest BCUT2D eigenvalue weighted by atomic mass is 10.1. The highest BCUT2D eigenvalue weighted by atomic mass is 32.2. The molecule has 2 aromatic carbocycles. The van der Waals surface area contributed by atoms with Crippen molar-refractivity contribution in [3.8, 4) is 11.3 Å². The molecule has 2 heterocycles. The van der Waals surface area contributed by atoms with Crippen LogP contribution in [0.3, 0.4) is 0 Å². The maximum atomic E-state index is 12.6. The zero-order valence-electron chi connectivity index (χ0n) is 14.3. The smallest absolute Gasteiger partial charge is 0.313 e. The second kappa shape index (κ2) is 6.81. The van der Waals surface area contributed by atoms with E-state index in [0.717, 1.165) is 17.3 Å². The summed E-state index contributed by atoms with van der Waals surface area (Å²) >= 11 is 1.04. The molecule has 0 aliphatic rings. The number of hydrogen-bond acceptors (Lipinski definition) is 6. The minimum absolute atomic E-state index is 0.173. The van der Waals surface area contributed by atoms with Gasteiger partial charge in [-0.2, -0.15) is 14.6 Å². The first-order valence-corrected chi connectivity index (χ1v) is 9.13. The predicted molar refractivity (Wildman–Crippen MR) is 103 cm³/mol. The quantitative estimate of drug-likeness (QED) is 0.331. The largest absolute Gasteiger partial charge is 0.481 e. The van der Waals surface area contributed by atoms with Gasteiger partial charge in [-0.15, -0.1) is 0 Å². The molecule has 134 valence electrons. The molecule has 0 amide bonds. The van der Waals surface area contributed by atoms with Crippen molar-refractivity contribution >= 4 is 34.3 Å². The number of nitrogens with zero attached hydrogens (tertiary/aromatic N) is 4. The summed E-state index contributed by atoms with van der Waals surface area (Å²) in [5, 5.41) is 14.6. The van der Waals surface area contributed by atoms with E-state index in [0.29, 0.717) is 27.3 Å². The highest BCUT2D eigenvalue weighted by Gasteiger charge is 2.16. The molecule has 0 aliphatic carbocycles. The molecule has 0 saturated heterocycles. The van der Waals surface area contributed by atoms with Crippen LogP contribution in [0.1, 0.15) is 5.56 Å². The number of carboxylic acids is 1. The number of thioether (sulfide) groups is 1. The summed E-state index contributed by atoms with van der Waals surface area (Å²) in [4.78, 5) is 32.5. The molecule has 4 aromatic rings. The molecule has 0 saturated carbocycles. The lowest BCUT2D eigenvalue weighted by molar-refractivity contribution is -0.133. The van der Waals surface area contributed by atoms with E-state index in [-0.39, 0.29) is 11.4 Å². The lowest BCUT2D eigenvalue weighted by Gasteiger charge is -2.11. The minimum Gasteiger partial charge on any atom is -0.481 e. The van der Waals surface area contributed by atoms with Gasteiger partial charge in [0.25, 0.3) is 5.56 Å². The first-order chi connectivity index (χ1) is 13.0. The normalized spacial score (nSPS) is 11.1. The van der Waals surface area contributed by atoms with Gasteiger partial charge in [-0.1, -0.05) is 54.2 Å². The Balaban J connectivity index is 2.06. The summed E-state index contributed by atoms with van der Waals surface area (Å²) in [7, 11) is 0. The van der Waals surface area contributed by atoms with E-state index in [1.807, 2.05) is 43.3 Å². The Morgan fingerprint density at radius 3 is 2.63 bits per heavy atom. The van der Waals surface area contributed by atoms with Gasteiger partial charge >= 0.3 is 5.97 Å². The summed E-state index contributed by atoms with van der Waals surface area (Å²) in [5.74, 6) is -1.13. The van der Waals surface area contributed by atoms with Crippen molar-refractivity contribution in [1.82, 2.24) is 19.6 Å². The van der Waals surface area contributed by atoms with Crippen molar-refractivity contribution in [3.05, 3.63) is 64.4 Å². The number of rotatable bonds is 4. The molecule has 0 aliphatic heterocycles. The van der Waals surface area contributed by atoms with Crippen molar-refractivity contribution in [3.63, 3.8) is 0 Å². The predicted octanol–water partition coefficient (Wildman–Crippen LogP) is 2.79. The highest BCUT2D eigenvalue weighted by molar-refractivity contribution is 7.99. The molecule has 1 N–H and O–H groups in total. The lowest BCUT2D eigenvalue weighted by Crippen LogP contribution is -2.18. The van der Waals surface area contributed by atoms with Crippen molar-refractivity contribution in [2.75, 3.05) is 5.75 Å². The van der Waals surface area contributed by atoms with Gasteiger partial charge in [0.05, 0.1) is 11.3 Å². The zero-order valence-corrected chi connectivity index (χ0v) is 15.1. The minimum atomic E-state index is -0.961. The van der Waals surface area contributed by atoms with Gasteiger partial charge in [-0.3, -0.25) is 9.59 Å². The molecular weight excluding hydrogens is 364 g/mol. The topological polar surface area (TPSA) is 97.5 Å². The van der Waals surface area contributed by atoms with Crippen LogP contribution in [-0.2, 0) is 4.79 Å². The number of para-hydroxylation sites is 1. The van der Waals surface area contributed by atoms with Gasteiger partial charge in [0, 0.05) is 10.9 Å². The second-order valence-corrected chi connectivity index (χ2v) is 6.86. The summed E-state index contributed by atoms with van der Waals surface area (Å²) in [5.41, 5.74) is 2.34. The fourth-order valence-corrected chi connectivity index (χ4v) is 3.48. The molecule has 27 heavy (non-hydrogen) atoms. The molecule has 0 fully saturated rings. The highest BCUT2D eigenvalue weighted by Crippen LogP contribution is 2.25. The van der Waals surface area contributed by atoms with Crippen LogP contribution in [0.25, 0.3) is 27.8 Å². The van der Waals surface area contributed by atoms with Crippen molar-refractivity contribution in [2.45, 2.75) is 12.1 Å². The molecule has 0 bridgehead atoms. The van der Waals surface area contributed by atoms with Crippen LogP contribution in [0.5, 0.6) is 0 Å². The van der Waals surface area contributed by atoms with Gasteiger partial charge in [0.15, 0.2) is 16.5 Å². The zero-order chi connectivity index (χ0) is 19.0. The van der Waals surface area contributed by atoms with Crippen LogP contribution in [0.2, 0.25) is 0 Å². The molecule has 2 aromatic heterocycles. The third-order valence-electron chi connectivity index (χ3n) is 4.05. The number of fused-ring (bicyclic) bond motifs is 3. The van der Waals surface area contributed by atoms with Gasteiger partial charge in [-0.25, -0.2) is 4.98 Å². The van der Waals surface area contributed by atoms with Crippen LogP contribution < -0.4 is 5.56 Å². The average Bonchev–Trinajstić information content (AvgIpc) is 2.67. The van der Waals surface area contributed by atoms with Crippen LogP contribution in [0, 0.1) is 6.92 Å². The number of hydrogen-bond donors (Lipinski definition) is 1. The number of aryl methyl sites for hydroxylation is 1. The van der Waals surface area contributed by atoms with E-state index >= 15 is 0 Å². The van der Waals surface area contributed by atoms with E-state index in [4.69, 9.17) is 5.11 Å². The second-order valence-electron chi connectivity index (χ2n) is 5.91. The maximum absolute atomic E-state index is 12.6. The SMILES string of the molecule is Cc1cccc2c1nc(SCC(=O)O)n1nc(-c3ccccc3)c(=O)nc21. The summed E-state index contributed by atoms with van der Waals surface area (Å²) in [6.07, 6.45) is 0. The summed E-state index contributed by atoms with van der Waals surface area (Å²) < 4.78 is 1.46. The molecule has 0 atom stereocenters. The van der Waals surface area contributed by atoms with E-state index in [2.05, 4.69) is 15.1 Å². The third-order valence-corrected chi connectivity index (χ3v) is 4.96. The molecule has 0 spiro atoms. The Hall–Kier alpha value is -3.26. The van der Waals surface area contributed by atoms with Gasteiger partial charge in [0.1, 0.15) is 0 Å². The Morgan fingerprint density at radius 1 is 1.11 bits per heavy atom. The van der Waals surface area contributed by atoms with Crippen LogP contribution in [0.15, 0.2) is 58.5 Å². The van der Waals surface area contributed by atoms with Crippen molar-refractivity contribution in [1.29, 1.82) is 0 Å². The van der Waals surface area contributed by atoms with Crippen LogP contribution in [0.4, 0.5) is 0 Å². The standard InChI is InChI=1S/C19H14N4O3S/c1-11-6-5-9-13-15(11)20-19(27-10-14(24)25)23-17(13)21-18(26)16(22-23)12-7-3-2-4-8-12/h2-9H,10H2,1H3,(H,24,25). The monoisotopic (exact) mass is 378 g/mol. The first-order valence-electron chi connectivity index (χ1n) is 8.15. The number of aromatic nitrogens is 4. The van der Waals surface area contributed by atoms with E-state index in [1.54, 1.807) is 12.1 Å². The van der Waals surface area contributed by atoms with Crippen LogP contribution >= 0.6 is 11.8 Å². The molecule has 4 rings (SSSR count). The third kappa shape index (κ3) is 3.15. The Morgan fingerprint density at radius 2 is 1.89 bits per heavy atom. The summed E-state index contributed by atoms with van der Waals surface area (Å²) in [6.45, 7) is 1.90. The average molecular weight is 378 g/mol. The van der Waals surface area contributed by atoms with Crippen molar-refractivity contribution < 1.29 is 9.90 Å². The van der Waals surface area contributed by atoms with Gasteiger partial charge < -0.3 is 5.11 Å². The van der Waals surface area contributed by atoms with Gasteiger partial charge in [0.2, 0.25) is 0 Å². The van der Waals surface area contributed by atoms with E-state index in [1.165, 1.54) is 4.52 Å². The van der Waals surface area contributed by atoms with Gasteiger partial charge in [-0.05, 0) is 18.6 Å².